The summed E-state index contributed by atoms with van der Waals surface area (Å²) in [5.41, 5.74) is 0.290. The van der Waals surface area contributed by atoms with E-state index in [2.05, 4.69) is 0 Å². The van der Waals surface area contributed by atoms with Gasteiger partial charge in [-0.2, -0.15) is 4.31 Å². The maximum absolute atomic E-state index is 13.3. The molecule has 3 aromatic rings. The average molecular weight is 431 g/mol. The number of sulfonamides is 1. The minimum absolute atomic E-state index is 0.0898. The average Bonchev–Trinajstić information content (AvgIpc) is 2.70. The van der Waals surface area contributed by atoms with Crippen molar-refractivity contribution >= 4 is 38.9 Å². The summed E-state index contributed by atoms with van der Waals surface area (Å²) in [7, 11) is -4.31. The predicted octanol–water partition coefficient (Wildman–Crippen LogP) is 4.59. The van der Waals surface area contributed by atoms with Crippen LogP contribution in [0.5, 0.6) is 0 Å². The molecule has 0 atom stereocenters. The summed E-state index contributed by atoms with van der Waals surface area (Å²) >= 11 is 6.08. The maximum Gasteiger partial charge on any atom is 0.274 e. The van der Waals surface area contributed by atoms with Gasteiger partial charge in [-0.15, -0.1) is 0 Å². The van der Waals surface area contributed by atoms with Crippen molar-refractivity contribution in [3.05, 3.63) is 99.1 Å². The van der Waals surface area contributed by atoms with E-state index in [1.807, 2.05) is 6.92 Å². The molecule has 9 heteroatoms. The molecule has 0 saturated carbocycles. The van der Waals surface area contributed by atoms with Crippen LogP contribution in [-0.2, 0) is 10.0 Å². The van der Waals surface area contributed by atoms with Gasteiger partial charge < -0.3 is 0 Å². The topological polar surface area (TPSA) is 97.6 Å². The number of hydrogen-bond acceptors (Lipinski definition) is 5. The van der Waals surface area contributed by atoms with Crippen LogP contribution < -0.4 is 4.31 Å². The molecule has 0 aromatic heterocycles. The molecular formula is C20H15ClN2O5S. The molecule has 3 rings (SSSR count). The van der Waals surface area contributed by atoms with Gasteiger partial charge in [-0.05, 0) is 37.3 Å². The fourth-order valence-electron chi connectivity index (χ4n) is 2.64. The summed E-state index contributed by atoms with van der Waals surface area (Å²) < 4.78 is 27.2. The van der Waals surface area contributed by atoms with Gasteiger partial charge in [-0.3, -0.25) is 14.9 Å². The summed E-state index contributed by atoms with van der Waals surface area (Å²) in [6, 6.07) is 17.0. The van der Waals surface area contributed by atoms with Crippen molar-refractivity contribution in [2.24, 2.45) is 0 Å². The van der Waals surface area contributed by atoms with Gasteiger partial charge in [0.25, 0.3) is 21.6 Å². The number of anilines is 1. The number of hydrogen-bond donors (Lipinski definition) is 0. The van der Waals surface area contributed by atoms with Crippen LogP contribution in [0.2, 0.25) is 5.02 Å². The lowest BCUT2D eigenvalue weighted by Gasteiger charge is -2.23. The van der Waals surface area contributed by atoms with Crippen LogP contribution in [0.15, 0.2) is 77.7 Å². The third-order valence-corrected chi connectivity index (χ3v) is 6.18. The molecule has 0 saturated heterocycles. The van der Waals surface area contributed by atoms with E-state index in [1.54, 1.807) is 18.2 Å². The van der Waals surface area contributed by atoms with Gasteiger partial charge in [0.1, 0.15) is 0 Å². The Bertz CT molecular complexity index is 1180. The number of aryl methyl sites for hydroxylation is 1. The summed E-state index contributed by atoms with van der Waals surface area (Å²) in [5, 5.41) is 11.0. The zero-order valence-corrected chi connectivity index (χ0v) is 16.7. The van der Waals surface area contributed by atoms with E-state index in [0.717, 1.165) is 17.7 Å². The highest BCUT2D eigenvalue weighted by Crippen LogP contribution is 2.30. The number of nitro groups is 1. The van der Waals surface area contributed by atoms with Crippen molar-refractivity contribution in [2.75, 3.05) is 4.31 Å². The van der Waals surface area contributed by atoms with E-state index in [-0.39, 0.29) is 26.9 Å². The van der Waals surface area contributed by atoms with Crippen LogP contribution in [0.3, 0.4) is 0 Å². The molecule has 3 aromatic carbocycles. The number of nitro benzene ring substituents is 1. The lowest BCUT2D eigenvalue weighted by molar-refractivity contribution is -0.384. The number of non-ortho nitro benzene ring substituents is 1. The van der Waals surface area contributed by atoms with Gasteiger partial charge in [0, 0.05) is 12.1 Å². The second kappa shape index (κ2) is 8.02. The van der Waals surface area contributed by atoms with Gasteiger partial charge in [0.15, 0.2) is 0 Å². The lowest BCUT2D eigenvalue weighted by Crippen LogP contribution is -2.37. The molecule has 0 spiro atoms. The van der Waals surface area contributed by atoms with Gasteiger partial charge in [-0.25, -0.2) is 8.42 Å². The molecule has 0 aliphatic carbocycles. The molecular weight excluding hydrogens is 416 g/mol. The van der Waals surface area contributed by atoms with E-state index in [1.165, 1.54) is 42.5 Å². The zero-order valence-electron chi connectivity index (χ0n) is 15.2. The molecule has 0 aliphatic heterocycles. The highest BCUT2D eigenvalue weighted by atomic mass is 35.5. The summed E-state index contributed by atoms with van der Waals surface area (Å²) in [6.45, 7) is 1.82. The second-order valence-corrected chi connectivity index (χ2v) is 8.34. The molecule has 0 fully saturated rings. The monoisotopic (exact) mass is 430 g/mol. The molecule has 0 radical (unpaired) electrons. The number of carbonyl (C=O) groups is 1. The van der Waals surface area contributed by atoms with Gasteiger partial charge in [0.2, 0.25) is 0 Å². The van der Waals surface area contributed by atoms with Crippen LogP contribution in [-0.4, -0.2) is 19.2 Å². The van der Waals surface area contributed by atoms with Crippen LogP contribution >= 0.6 is 11.6 Å². The lowest BCUT2D eigenvalue weighted by atomic mass is 10.1. The third kappa shape index (κ3) is 4.13. The Labute approximate surface area is 172 Å². The minimum atomic E-state index is -4.31. The van der Waals surface area contributed by atoms with E-state index in [0.29, 0.717) is 4.31 Å². The van der Waals surface area contributed by atoms with Crippen molar-refractivity contribution in [2.45, 2.75) is 11.8 Å². The van der Waals surface area contributed by atoms with Gasteiger partial charge in [-0.1, -0.05) is 47.5 Å². The Balaban J connectivity index is 2.21. The SMILES string of the molecule is Cc1ccc(N(C(=O)c2cc([N+](=O)[O-])ccc2Cl)S(=O)(=O)c2ccccc2)cc1. The maximum atomic E-state index is 13.3. The summed E-state index contributed by atoms with van der Waals surface area (Å²) in [4.78, 5) is 23.6. The van der Waals surface area contributed by atoms with Crippen molar-refractivity contribution < 1.29 is 18.1 Å². The van der Waals surface area contributed by atoms with Crippen LogP contribution in [0.1, 0.15) is 15.9 Å². The number of nitrogens with zero attached hydrogens (tertiary/aromatic N) is 2. The molecule has 29 heavy (non-hydrogen) atoms. The Morgan fingerprint density at radius 2 is 1.62 bits per heavy atom. The van der Waals surface area contributed by atoms with Crippen molar-refractivity contribution in [3.8, 4) is 0 Å². The molecule has 0 aliphatic rings. The molecule has 1 amide bonds. The largest absolute Gasteiger partial charge is 0.274 e. The van der Waals surface area contributed by atoms with Crippen molar-refractivity contribution in [1.82, 2.24) is 0 Å². The van der Waals surface area contributed by atoms with Gasteiger partial charge >= 0.3 is 0 Å². The zero-order chi connectivity index (χ0) is 21.2. The first-order chi connectivity index (χ1) is 13.7. The van der Waals surface area contributed by atoms with E-state index in [4.69, 9.17) is 11.6 Å². The second-order valence-electron chi connectivity index (χ2n) is 6.14. The standard InChI is InChI=1S/C20H15ClN2O5S/c1-14-7-9-15(10-8-14)22(29(27,28)17-5-3-2-4-6-17)20(24)18-13-16(23(25)26)11-12-19(18)21/h2-13H,1H3. The molecule has 0 unspecified atom stereocenters. The smallest absolute Gasteiger partial charge is 0.268 e. The normalized spacial score (nSPS) is 11.1. The summed E-state index contributed by atoms with van der Waals surface area (Å²) in [6.07, 6.45) is 0. The molecule has 0 bridgehead atoms. The molecule has 0 heterocycles. The first-order valence-corrected chi connectivity index (χ1v) is 10.2. The molecule has 7 nitrogen and oxygen atoms in total. The number of halogens is 1. The Morgan fingerprint density at radius 3 is 2.21 bits per heavy atom. The predicted molar refractivity (Wildman–Crippen MR) is 110 cm³/mol. The Morgan fingerprint density at radius 1 is 1.00 bits per heavy atom. The van der Waals surface area contributed by atoms with E-state index >= 15 is 0 Å². The van der Waals surface area contributed by atoms with Crippen molar-refractivity contribution in [1.29, 1.82) is 0 Å². The summed E-state index contributed by atoms with van der Waals surface area (Å²) in [5.74, 6) is -0.994. The fraction of sp³-hybridized carbons (Fsp3) is 0.0500. The first kappa shape index (κ1) is 20.5. The number of rotatable bonds is 5. The Kier molecular flexibility index (Phi) is 5.67. The van der Waals surface area contributed by atoms with Crippen LogP contribution in [0.25, 0.3) is 0 Å². The highest BCUT2D eigenvalue weighted by Gasteiger charge is 2.33. The minimum Gasteiger partial charge on any atom is -0.268 e. The van der Waals surface area contributed by atoms with Crippen molar-refractivity contribution in [3.63, 3.8) is 0 Å². The fourth-order valence-corrected chi connectivity index (χ4v) is 4.27. The number of benzene rings is 3. The third-order valence-electron chi connectivity index (χ3n) is 4.13. The van der Waals surface area contributed by atoms with E-state index < -0.39 is 20.9 Å². The van der Waals surface area contributed by atoms with E-state index in [9.17, 15) is 23.3 Å². The Hall–Kier alpha value is -3.23. The number of amides is 1. The quantitative estimate of drug-likeness (QED) is 0.435. The first-order valence-electron chi connectivity index (χ1n) is 8.37. The molecule has 0 N–H and O–H groups in total. The molecule has 148 valence electrons. The van der Waals surface area contributed by atoms with Crippen LogP contribution in [0.4, 0.5) is 11.4 Å². The van der Waals surface area contributed by atoms with Crippen LogP contribution in [0, 0.1) is 17.0 Å². The van der Waals surface area contributed by atoms with Gasteiger partial charge in [0.05, 0.1) is 26.1 Å². The number of carbonyl (C=O) groups excluding carboxylic acids is 1. The highest BCUT2D eigenvalue weighted by molar-refractivity contribution is 7.93.